The fourth-order valence-corrected chi connectivity index (χ4v) is 1.77. The zero-order valence-corrected chi connectivity index (χ0v) is 9.98. The highest BCUT2D eigenvalue weighted by Gasteiger charge is 2.30. The van der Waals surface area contributed by atoms with Crippen LogP contribution in [-0.2, 0) is 6.18 Å². The summed E-state index contributed by atoms with van der Waals surface area (Å²) < 4.78 is 37.4. The molecular weight excluding hydrogens is 281 g/mol. The minimum absolute atomic E-state index is 0.486. The van der Waals surface area contributed by atoms with Crippen molar-refractivity contribution in [2.24, 2.45) is 0 Å². The Bertz CT molecular complexity index is 405. The molecule has 1 rings (SSSR count). The molecule has 0 amide bonds. The van der Waals surface area contributed by atoms with E-state index in [2.05, 4.69) is 22.5 Å². The van der Waals surface area contributed by atoms with Gasteiger partial charge in [0.1, 0.15) is 0 Å². The van der Waals surface area contributed by atoms with Crippen molar-refractivity contribution < 1.29 is 13.2 Å². The lowest BCUT2D eigenvalue weighted by molar-refractivity contribution is -0.137. The van der Waals surface area contributed by atoms with Crippen LogP contribution in [0.4, 0.5) is 13.2 Å². The van der Waals surface area contributed by atoms with Crippen LogP contribution in [0.15, 0.2) is 43.0 Å². The van der Waals surface area contributed by atoms with E-state index in [0.29, 0.717) is 10.9 Å². The highest BCUT2D eigenvalue weighted by atomic mass is 79.9. The Morgan fingerprint density at radius 3 is 2.56 bits per heavy atom. The van der Waals surface area contributed by atoms with E-state index in [1.54, 1.807) is 18.2 Å². The van der Waals surface area contributed by atoms with Gasteiger partial charge >= 0.3 is 6.18 Å². The summed E-state index contributed by atoms with van der Waals surface area (Å²) in [7, 11) is 0. The molecule has 86 valence electrons. The van der Waals surface area contributed by atoms with Crippen LogP contribution in [0.1, 0.15) is 11.1 Å². The number of hydrogen-bond donors (Lipinski definition) is 0. The molecule has 0 heterocycles. The average molecular weight is 291 g/mol. The first-order valence-electron chi connectivity index (χ1n) is 4.54. The molecule has 0 N–H and O–H groups in total. The fourth-order valence-electron chi connectivity index (χ4n) is 1.26. The molecule has 1 aromatic carbocycles. The lowest BCUT2D eigenvalue weighted by Gasteiger charge is -2.09. The van der Waals surface area contributed by atoms with Crippen LogP contribution in [0.2, 0.25) is 0 Å². The highest BCUT2D eigenvalue weighted by Crippen LogP contribution is 2.31. The van der Waals surface area contributed by atoms with Crippen LogP contribution in [0.3, 0.4) is 0 Å². The average Bonchev–Trinajstić information content (AvgIpc) is 2.25. The molecule has 0 saturated heterocycles. The van der Waals surface area contributed by atoms with Gasteiger partial charge in [-0.3, -0.25) is 0 Å². The maximum atomic E-state index is 12.5. The van der Waals surface area contributed by atoms with Gasteiger partial charge in [-0.1, -0.05) is 46.8 Å². The van der Waals surface area contributed by atoms with E-state index in [0.717, 1.165) is 17.7 Å². The smallest absolute Gasteiger partial charge is 0.166 e. The summed E-state index contributed by atoms with van der Waals surface area (Å²) in [4.78, 5) is 0. The fraction of sp³-hybridized carbons (Fsp3) is 0.167. The second-order valence-corrected chi connectivity index (χ2v) is 3.70. The zero-order chi connectivity index (χ0) is 12.2. The molecule has 4 heteroatoms. The van der Waals surface area contributed by atoms with E-state index in [1.165, 1.54) is 6.07 Å². The first-order valence-corrected chi connectivity index (χ1v) is 5.66. The third-order valence-electron chi connectivity index (χ3n) is 2.02. The van der Waals surface area contributed by atoms with Gasteiger partial charge in [0.15, 0.2) is 0 Å². The summed E-state index contributed by atoms with van der Waals surface area (Å²) in [5.74, 6) is 0. The Morgan fingerprint density at radius 2 is 2.06 bits per heavy atom. The van der Waals surface area contributed by atoms with Gasteiger partial charge < -0.3 is 0 Å². The number of hydrogen-bond acceptors (Lipinski definition) is 0. The maximum Gasteiger partial charge on any atom is 0.416 e. The van der Waals surface area contributed by atoms with Crippen molar-refractivity contribution >= 4 is 21.5 Å². The molecule has 16 heavy (non-hydrogen) atoms. The molecule has 0 fully saturated rings. The quantitative estimate of drug-likeness (QED) is 0.561. The van der Waals surface area contributed by atoms with Gasteiger partial charge in [0.25, 0.3) is 0 Å². The van der Waals surface area contributed by atoms with Gasteiger partial charge in [0.05, 0.1) is 5.56 Å². The summed E-state index contributed by atoms with van der Waals surface area (Å²) in [6.07, 6.45) is -1.07. The first kappa shape index (κ1) is 13.0. The Hall–Kier alpha value is -1.03. The van der Waals surface area contributed by atoms with E-state index >= 15 is 0 Å². The Morgan fingerprint density at radius 1 is 1.38 bits per heavy atom. The Kier molecular flexibility index (Phi) is 4.35. The van der Waals surface area contributed by atoms with Crippen LogP contribution in [-0.4, -0.2) is 5.33 Å². The second-order valence-electron chi connectivity index (χ2n) is 3.14. The Balaban J connectivity index is 3.16. The predicted molar refractivity (Wildman–Crippen MR) is 63.4 cm³/mol. The van der Waals surface area contributed by atoms with Gasteiger partial charge in [0.2, 0.25) is 0 Å². The summed E-state index contributed by atoms with van der Waals surface area (Å²) in [6.45, 7) is 3.53. The van der Waals surface area contributed by atoms with Crippen LogP contribution in [0.25, 0.3) is 5.57 Å². The molecule has 0 nitrogen and oxygen atoms in total. The maximum absolute atomic E-state index is 12.5. The number of alkyl halides is 4. The van der Waals surface area contributed by atoms with Gasteiger partial charge in [-0.25, -0.2) is 0 Å². The van der Waals surface area contributed by atoms with Crippen molar-refractivity contribution in [1.82, 2.24) is 0 Å². The van der Waals surface area contributed by atoms with Crippen LogP contribution in [0.5, 0.6) is 0 Å². The van der Waals surface area contributed by atoms with Crippen molar-refractivity contribution in [3.05, 3.63) is 54.1 Å². The van der Waals surface area contributed by atoms with Crippen LogP contribution >= 0.6 is 15.9 Å². The zero-order valence-electron chi connectivity index (χ0n) is 8.39. The summed E-state index contributed by atoms with van der Waals surface area (Å²) in [5.41, 5.74) is 0.675. The topological polar surface area (TPSA) is 0 Å². The number of rotatable bonds is 3. The molecule has 0 aliphatic rings. The molecule has 0 aliphatic carbocycles. The predicted octanol–water partition coefficient (Wildman–Crippen LogP) is 4.67. The van der Waals surface area contributed by atoms with Crippen molar-refractivity contribution in [3.8, 4) is 0 Å². The standard InChI is InChI=1S/C12H10BrF3/c1-2-4-10(8-13)9-5-3-6-11(7-9)12(14,15)16/h2-7H,1,8H2/b10-4+. The van der Waals surface area contributed by atoms with Crippen LogP contribution < -0.4 is 0 Å². The molecule has 0 spiro atoms. The van der Waals surface area contributed by atoms with E-state index in [1.807, 2.05) is 0 Å². The molecule has 0 unspecified atom stereocenters. The van der Waals surface area contributed by atoms with E-state index in [4.69, 9.17) is 0 Å². The van der Waals surface area contributed by atoms with Crippen LogP contribution in [0, 0.1) is 0 Å². The monoisotopic (exact) mass is 290 g/mol. The number of allylic oxidation sites excluding steroid dienone is 3. The van der Waals surface area contributed by atoms with Gasteiger partial charge in [-0.15, -0.1) is 0 Å². The molecule has 0 atom stereocenters. The number of benzene rings is 1. The second kappa shape index (κ2) is 5.34. The minimum atomic E-state index is -4.30. The molecule has 0 radical (unpaired) electrons. The van der Waals surface area contributed by atoms with Crippen molar-refractivity contribution in [2.75, 3.05) is 5.33 Å². The third kappa shape index (κ3) is 3.23. The van der Waals surface area contributed by atoms with Gasteiger partial charge in [-0.2, -0.15) is 13.2 Å². The minimum Gasteiger partial charge on any atom is -0.166 e. The summed E-state index contributed by atoms with van der Waals surface area (Å²) in [6, 6.07) is 5.24. The molecule has 0 aliphatic heterocycles. The highest BCUT2D eigenvalue weighted by molar-refractivity contribution is 9.09. The molecule has 0 bridgehead atoms. The van der Waals surface area contributed by atoms with Crippen molar-refractivity contribution in [2.45, 2.75) is 6.18 Å². The molecule has 0 aromatic heterocycles. The van der Waals surface area contributed by atoms with E-state index in [-0.39, 0.29) is 0 Å². The summed E-state index contributed by atoms with van der Waals surface area (Å²) >= 11 is 3.23. The normalized spacial score (nSPS) is 12.6. The molecule has 1 aromatic rings. The third-order valence-corrected chi connectivity index (χ3v) is 2.63. The lowest BCUT2D eigenvalue weighted by atomic mass is 10.0. The number of halogens is 4. The summed E-state index contributed by atoms with van der Waals surface area (Å²) in [5, 5.41) is 0.486. The molecule has 0 saturated carbocycles. The van der Waals surface area contributed by atoms with Gasteiger partial charge in [-0.05, 0) is 23.3 Å². The SMILES string of the molecule is C=C/C=C(\CBr)c1cccc(C(F)(F)F)c1. The van der Waals surface area contributed by atoms with E-state index < -0.39 is 11.7 Å². The lowest BCUT2D eigenvalue weighted by Crippen LogP contribution is -2.05. The Labute approximate surface area is 101 Å². The largest absolute Gasteiger partial charge is 0.416 e. The first-order chi connectivity index (χ1) is 7.49. The molecular formula is C12H10BrF3. The van der Waals surface area contributed by atoms with Crippen molar-refractivity contribution in [1.29, 1.82) is 0 Å². The van der Waals surface area contributed by atoms with E-state index in [9.17, 15) is 13.2 Å². The van der Waals surface area contributed by atoms with Gasteiger partial charge in [0, 0.05) is 5.33 Å². The van der Waals surface area contributed by atoms with Crippen molar-refractivity contribution in [3.63, 3.8) is 0 Å².